The van der Waals surface area contributed by atoms with E-state index in [0.29, 0.717) is 11.3 Å². The van der Waals surface area contributed by atoms with Gasteiger partial charge in [0.1, 0.15) is 11.9 Å². The predicted molar refractivity (Wildman–Crippen MR) is 128 cm³/mol. The second-order valence-electron chi connectivity index (χ2n) is 6.10. The van der Waals surface area contributed by atoms with E-state index in [9.17, 15) is 14.7 Å². The second-order valence-corrected chi connectivity index (χ2v) is 8.58. The summed E-state index contributed by atoms with van der Waals surface area (Å²) in [6.07, 6.45) is -2.07. The van der Waals surface area contributed by atoms with Crippen molar-refractivity contribution in [3.63, 3.8) is 0 Å². The van der Waals surface area contributed by atoms with Crippen LogP contribution in [-0.4, -0.2) is 42.7 Å². The van der Waals surface area contributed by atoms with Crippen molar-refractivity contribution in [3.8, 4) is 5.75 Å². The maximum absolute atomic E-state index is 12.5. The molecule has 1 amide bonds. The van der Waals surface area contributed by atoms with Gasteiger partial charge in [0, 0.05) is 32.8 Å². The van der Waals surface area contributed by atoms with Gasteiger partial charge in [-0.05, 0) is 65.1 Å². The molecule has 0 bridgehead atoms. The lowest BCUT2D eigenvalue weighted by Gasteiger charge is -2.27. The van der Waals surface area contributed by atoms with Crippen LogP contribution < -0.4 is 5.32 Å². The minimum Gasteiger partial charge on any atom is -0.508 e. The third-order valence-corrected chi connectivity index (χ3v) is 5.51. The van der Waals surface area contributed by atoms with E-state index in [-0.39, 0.29) is 24.5 Å². The van der Waals surface area contributed by atoms with Crippen molar-refractivity contribution in [1.82, 2.24) is 0 Å². The Hall–Kier alpha value is -1.50. The molecule has 2 N–H and O–H groups in total. The van der Waals surface area contributed by atoms with E-state index in [1.165, 1.54) is 13.2 Å². The van der Waals surface area contributed by atoms with E-state index in [0.717, 1.165) is 8.04 Å². The molecule has 2 aromatic carbocycles. The fourth-order valence-corrected chi connectivity index (χ4v) is 3.49. The molecule has 0 aliphatic carbocycles. The van der Waals surface area contributed by atoms with E-state index < -0.39 is 24.3 Å². The molecule has 7 nitrogen and oxygen atoms in total. The molecule has 0 aliphatic heterocycles. The molecule has 0 spiro atoms. The predicted octanol–water partition coefficient (Wildman–Crippen LogP) is 4.93. The lowest BCUT2D eigenvalue weighted by atomic mass is 10.0. The zero-order valence-corrected chi connectivity index (χ0v) is 20.6. The van der Waals surface area contributed by atoms with Crippen LogP contribution in [0.15, 0.2) is 46.9 Å². The summed E-state index contributed by atoms with van der Waals surface area (Å²) >= 11 is 9.30. The zero-order chi connectivity index (χ0) is 22.1. The number of thiol groups is 1. The number of phenols is 1. The molecular weight excluding hydrogens is 589 g/mol. The van der Waals surface area contributed by atoms with Crippen LogP contribution in [0, 0.1) is 3.57 Å². The van der Waals surface area contributed by atoms with Crippen LogP contribution >= 0.6 is 51.1 Å². The summed E-state index contributed by atoms with van der Waals surface area (Å²) in [7, 11) is 1.46. The average molecular weight is 610 g/mol. The van der Waals surface area contributed by atoms with Gasteiger partial charge in [-0.15, -0.1) is 0 Å². The number of carbonyl (C=O) groups excluding carboxylic acids is 2. The van der Waals surface area contributed by atoms with E-state index in [1.807, 2.05) is 0 Å². The Balaban J connectivity index is 2.21. The Kier molecular flexibility index (Phi) is 10.2. The molecule has 0 aromatic heterocycles. The summed E-state index contributed by atoms with van der Waals surface area (Å²) in [5.74, 6) is -0.535. The van der Waals surface area contributed by atoms with E-state index >= 15 is 0 Å². The maximum Gasteiger partial charge on any atom is 0.412 e. The average Bonchev–Trinajstić information content (AvgIpc) is 2.73. The molecule has 0 radical (unpaired) electrons. The number of halogens is 2. The van der Waals surface area contributed by atoms with E-state index in [1.54, 1.807) is 36.4 Å². The highest BCUT2D eigenvalue weighted by Crippen LogP contribution is 2.33. The highest BCUT2D eigenvalue weighted by atomic mass is 127. The van der Waals surface area contributed by atoms with Crippen molar-refractivity contribution in [2.45, 2.75) is 18.6 Å². The zero-order valence-electron chi connectivity index (χ0n) is 16.0. The van der Waals surface area contributed by atoms with Gasteiger partial charge in [-0.25, -0.2) is 4.79 Å². The molecule has 0 unspecified atom stereocenters. The van der Waals surface area contributed by atoms with Crippen molar-refractivity contribution >= 4 is 68.9 Å². The largest absolute Gasteiger partial charge is 0.508 e. The van der Waals surface area contributed by atoms with Gasteiger partial charge in [-0.1, -0.05) is 15.9 Å². The molecule has 0 heterocycles. The molecule has 2 rings (SSSR count). The molecular formula is C20H21BrINO6S. The van der Waals surface area contributed by atoms with Crippen LogP contribution in [-0.2, 0) is 19.0 Å². The van der Waals surface area contributed by atoms with Crippen molar-refractivity contribution in [2.24, 2.45) is 0 Å². The molecule has 30 heavy (non-hydrogen) atoms. The number of carbonyl (C=O) groups is 2. The Bertz CT molecular complexity index is 867. The van der Waals surface area contributed by atoms with Gasteiger partial charge < -0.3 is 19.3 Å². The van der Waals surface area contributed by atoms with Gasteiger partial charge in [0.15, 0.2) is 6.10 Å². The summed E-state index contributed by atoms with van der Waals surface area (Å²) in [5.41, 5.74) is 0.936. The van der Waals surface area contributed by atoms with Crippen molar-refractivity contribution in [1.29, 1.82) is 0 Å². The van der Waals surface area contributed by atoms with Crippen molar-refractivity contribution in [3.05, 3.63) is 56.1 Å². The first-order chi connectivity index (χ1) is 14.3. The number of methoxy groups -OCH3 is 1. The van der Waals surface area contributed by atoms with Crippen LogP contribution in [0.2, 0.25) is 0 Å². The van der Waals surface area contributed by atoms with Crippen molar-refractivity contribution in [2.75, 3.05) is 24.8 Å². The smallest absolute Gasteiger partial charge is 0.412 e. The Morgan fingerprint density at radius 3 is 2.57 bits per heavy atom. The van der Waals surface area contributed by atoms with Gasteiger partial charge in [0.25, 0.3) is 0 Å². The lowest BCUT2D eigenvalue weighted by molar-refractivity contribution is -0.141. The SMILES string of the molecule is CO[C@@H](CCOC(=O)CS)[C@@H](OC(=O)Nc1ccc(Br)cc1)c1cc(I)ccc1O. The van der Waals surface area contributed by atoms with Gasteiger partial charge in [0.2, 0.25) is 0 Å². The highest BCUT2D eigenvalue weighted by molar-refractivity contribution is 14.1. The number of esters is 1. The summed E-state index contributed by atoms with van der Waals surface area (Å²) in [6.45, 7) is 0.0524. The number of hydrogen-bond acceptors (Lipinski definition) is 7. The van der Waals surface area contributed by atoms with Crippen LogP contribution in [0.4, 0.5) is 10.5 Å². The number of aromatic hydroxyl groups is 1. The third kappa shape index (κ3) is 7.64. The molecule has 0 saturated carbocycles. The van der Waals surface area contributed by atoms with Gasteiger partial charge >= 0.3 is 12.1 Å². The highest BCUT2D eigenvalue weighted by Gasteiger charge is 2.30. The first kappa shape index (κ1) is 24.8. The lowest BCUT2D eigenvalue weighted by Crippen LogP contribution is -2.29. The Labute approximate surface area is 202 Å². The number of anilines is 1. The third-order valence-electron chi connectivity index (χ3n) is 4.06. The summed E-state index contributed by atoms with van der Waals surface area (Å²) in [6, 6.07) is 12.0. The van der Waals surface area contributed by atoms with E-state index in [2.05, 4.69) is 56.5 Å². The van der Waals surface area contributed by atoms with Crippen LogP contribution in [0.3, 0.4) is 0 Å². The van der Waals surface area contributed by atoms with Gasteiger partial charge in [-0.2, -0.15) is 12.6 Å². The molecule has 2 aromatic rings. The molecule has 10 heteroatoms. The second kappa shape index (κ2) is 12.4. The monoisotopic (exact) mass is 609 g/mol. The topological polar surface area (TPSA) is 94.1 Å². The van der Waals surface area contributed by atoms with E-state index in [4.69, 9.17) is 14.2 Å². The summed E-state index contributed by atoms with van der Waals surface area (Å²) in [4.78, 5) is 23.9. The number of hydrogen-bond donors (Lipinski definition) is 3. The number of ether oxygens (including phenoxy) is 3. The first-order valence-corrected chi connectivity index (χ1v) is 11.4. The van der Waals surface area contributed by atoms with Crippen molar-refractivity contribution < 1.29 is 28.9 Å². The first-order valence-electron chi connectivity index (χ1n) is 8.85. The molecule has 2 atom stereocenters. The molecule has 0 aliphatic rings. The van der Waals surface area contributed by atoms with Crippen LogP contribution in [0.25, 0.3) is 0 Å². The molecule has 0 fully saturated rings. The standard InChI is InChI=1S/C20H21BrINO6S/c1-27-17(8-9-28-18(25)11-30)19(15-10-13(22)4-7-16(15)24)29-20(26)23-14-5-2-12(21)3-6-14/h2-7,10,17,19,24,30H,8-9,11H2,1H3,(H,23,26)/t17-,19-/m0/s1. The van der Waals surface area contributed by atoms with Crippen LogP contribution in [0.5, 0.6) is 5.75 Å². The Morgan fingerprint density at radius 2 is 1.93 bits per heavy atom. The molecule has 162 valence electrons. The van der Waals surface area contributed by atoms with Crippen LogP contribution in [0.1, 0.15) is 18.1 Å². The number of phenolic OH excluding ortho intramolecular Hbond substituents is 1. The number of nitrogens with one attached hydrogen (secondary N) is 1. The number of benzene rings is 2. The quantitative estimate of drug-likeness (QED) is 0.212. The summed E-state index contributed by atoms with van der Waals surface area (Å²) in [5, 5.41) is 13.0. The fourth-order valence-electron chi connectivity index (χ4n) is 2.62. The van der Waals surface area contributed by atoms with Gasteiger partial charge in [-0.3, -0.25) is 10.1 Å². The fraction of sp³-hybridized carbons (Fsp3) is 0.300. The minimum absolute atomic E-state index is 0.0359. The number of amides is 1. The normalized spacial score (nSPS) is 12.7. The Morgan fingerprint density at radius 1 is 1.23 bits per heavy atom. The maximum atomic E-state index is 12.5. The van der Waals surface area contributed by atoms with Gasteiger partial charge in [0.05, 0.1) is 12.4 Å². The number of rotatable bonds is 9. The molecule has 0 saturated heterocycles. The summed E-state index contributed by atoms with van der Waals surface area (Å²) < 4.78 is 17.9. The minimum atomic E-state index is -0.935.